The zero-order valence-corrected chi connectivity index (χ0v) is 14.6. The molecule has 2 aromatic rings. The quantitative estimate of drug-likeness (QED) is 0.792. The number of rotatable bonds is 4. The number of benzene rings is 1. The third-order valence-electron chi connectivity index (χ3n) is 4.27. The van der Waals surface area contributed by atoms with E-state index in [2.05, 4.69) is 0 Å². The molecule has 0 bridgehead atoms. The van der Waals surface area contributed by atoms with Crippen LogP contribution in [0.1, 0.15) is 34.2 Å². The lowest BCUT2D eigenvalue weighted by atomic mass is 10.1. The maximum Gasteiger partial charge on any atom is 0.354 e. The first-order chi connectivity index (χ1) is 11.4. The number of nitrogens with zero attached hydrogens (tertiary/aromatic N) is 1. The second-order valence-electron chi connectivity index (χ2n) is 5.69. The van der Waals surface area contributed by atoms with Crippen LogP contribution in [-0.2, 0) is 39.6 Å². The molecule has 6 nitrogen and oxygen atoms in total. The van der Waals surface area contributed by atoms with Gasteiger partial charge < -0.3 is 14.0 Å². The lowest BCUT2D eigenvalue weighted by Gasteiger charge is -2.07. The molecule has 0 saturated heterocycles. The van der Waals surface area contributed by atoms with Gasteiger partial charge in [0.25, 0.3) is 0 Å². The van der Waals surface area contributed by atoms with Crippen LogP contribution in [-0.4, -0.2) is 25.6 Å². The fourth-order valence-corrected chi connectivity index (χ4v) is 4.38. The first-order valence-corrected chi connectivity index (χ1v) is 9.12. The van der Waals surface area contributed by atoms with Crippen LogP contribution in [0.2, 0.25) is 0 Å². The number of carbonyl (C=O) groups is 1. The molecule has 0 N–H and O–H groups in total. The van der Waals surface area contributed by atoms with E-state index in [1.807, 2.05) is 0 Å². The monoisotopic (exact) mass is 349 g/mol. The van der Waals surface area contributed by atoms with E-state index in [-0.39, 0.29) is 22.1 Å². The Kier molecular flexibility index (Phi) is 4.23. The molecule has 3 rings (SSSR count). The fraction of sp³-hybridized carbons (Fsp3) is 0.353. The van der Waals surface area contributed by atoms with Gasteiger partial charge in [-0.1, -0.05) is 6.07 Å². The smallest absolute Gasteiger partial charge is 0.354 e. The Morgan fingerprint density at radius 1 is 1.25 bits per heavy atom. The van der Waals surface area contributed by atoms with Crippen molar-refractivity contribution in [3.05, 3.63) is 46.8 Å². The molecule has 0 atom stereocenters. The van der Waals surface area contributed by atoms with Gasteiger partial charge >= 0.3 is 5.97 Å². The van der Waals surface area contributed by atoms with Gasteiger partial charge in [-0.3, -0.25) is 0 Å². The fourth-order valence-electron chi connectivity index (χ4n) is 2.79. The molecular formula is C17H19NO5S. The molecule has 7 heteroatoms. The van der Waals surface area contributed by atoms with Crippen LogP contribution in [0, 0.1) is 6.92 Å². The average molecular weight is 349 g/mol. The summed E-state index contributed by atoms with van der Waals surface area (Å²) in [7, 11) is -2.08. The van der Waals surface area contributed by atoms with Gasteiger partial charge in [-0.2, -0.15) is 0 Å². The minimum Gasteiger partial charge on any atom is -0.461 e. The van der Waals surface area contributed by atoms with Crippen molar-refractivity contribution in [1.29, 1.82) is 0 Å². The van der Waals surface area contributed by atoms with Gasteiger partial charge in [0.05, 0.1) is 29.6 Å². The van der Waals surface area contributed by atoms with Crippen molar-refractivity contribution in [1.82, 2.24) is 4.57 Å². The highest BCUT2D eigenvalue weighted by Crippen LogP contribution is 2.30. The van der Waals surface area contributed by atoms with E-state index < -0.39 is 15.8 Å². The molecule has 0 radical (unpaired) electrons. The molecule has 0 aliphatic carbocycles. The van der Waals surface area contributed by atoms with Crippen molar-refractivity contribution in [2.75, 3.05) is 6.61 Å². The van der Waals surface area contributed by atoms with Crippen molar-refractivity contribution >= 4 is 15.8 Å². The molecule has 0 saturated carbocycles. The predicted molar refractivity (Wildman–Crippen MR) is 86.5 cm³/mol. The number of esters is 1. The van der Waals surface area contributed by atoms with Gasteiger partial charge in [0.2, 0.25) is 9.84 Å². The van der Waals surface area contributed by atoms with Crippen LogP contribution < -0.4 is 0 Å². The van der Waals surface area contributed by atoms with E-state index in [1.165, 1.54) is 6.07 Å². The second kappa shape index (κ2) is 6.07. The summed E-state index contributed by atoms with van der Waals surface area (Å²) in [5.41, 5.74) is 2.61. The molecule has 1 aliphatic heterocycles. The Bertz CT molecular complexity index is 911. The van der Waals surface area contributed by atoms with Crippen LogP contribution in [0.3, 0.4) is 0 Å². The van der Waals surface area contributed by atoms with Gasteiger partial charge in [0, 0.05) is 12.7 Å². The van der Waals surface area contributed by atoms with Gasteiger partial charge in [0.15, 0.2) is 0 Å². The SMILES string of the molecule is CCOC(=O)c1cc(S(=O)(=O)c2ccc3c(c2)COC3)c(C)n1C. The zero-order chi connectivity index (χ0) is 17.5. The Labute approximate surface area is 140 Å². The highest BCUT2D eigenvalue weighted by atomic mass is 32.2. The minimum atomic E-state index is -3.73. The summed E-state index contributed by atoms with van der Waals surface area (Å²) in [4.78, 5) is 12.3. The normalized spacial score (nSPS) is 13.8. The Morgan fingerprint density at radius 3 is 2.67 bits per heavy atom. The minimum absolute atomic E-state index is 0.118. The summed E-state index contributed by atoms with van der Waals surface area (Å²) in [6, 6.07) is 6.39. The Balaban J connectivity index is 2.07. The largest absolute Gasteiger partial charge is 0.461 e. The van der Waals surface area contributed by atoms with Crippen LogP contribution >= 0.6 is 0 Å². The van der Waals surface area contributed by atoms with Gasteiger partial charge in [0.1, 0.15) is 5.69 Å². The van der Waals surface area contributed by atoms with Gasteiger partial charge in [-0.05, 0) is 43.2 Å². The van der Waals surface area contributed by atoms with Crippen LogP contribution in [0.25, 0.3) is 0 Å². The molecule has 1 aliphatic rings. The second-order valence-corrected chi connectivity index (χ2v) is 7.60. The molecule has 24 heavy (non-hydrogen) atoms. The van der Waals surface area contributed by atoms with Crippen molar-refractivity contribution < 1.29 is 22.7 Å². The molecule has 128 valence electrons. The van der Waals surface area contributed by atoms with Crippen molar-refractivity contribution in [2.24, 2.45) is 7.05 Å². The first kappa shape index (κ1) is 16.7. The third-order valence-corrected chi connectivity index (χ3v) is 6.13. The predicted octanol–water partition coefficient (Wildman–Crippen LogP) is 2.37. The van der Waals surface area contributed by atoms with Gasteiger partial charge in [-0.25, -0.2) is 13.2 Å². The van der Waals surface area contributed by atoms with E-state index in [9.17, 15) is 13.2 Å². The number of hydrogen-bond donors (Lipinski definition) is 0. The molecule has 0 spiro atoms. The third kappa shape index (κ3) is 2.63. The summed E-state index contributed by atoms with van der Waals surface area (Å²) >= 11 is 0. The lowest BCUT2D eigenvalue weighted by Crippen LogP contribution is -2.10. The molecule has 0 amide bonds. The van der Waals surface area contributed by atoms with Crippen molar-refractivity contribution in [2.45, 2.75) is 36.9 Å². The summed E-state index contributed by atoms with van der Waals surface area (Å²) in [6.07, 6.45) is 0. The first-order valence-electron chi connectivity index (χ1n) is 7.64. The van der Waals surface area contributed by atoms with E-state index in [0.717, 1.165) is 11.1 Å². The number of ether oxygens (including phenoxy) is 2. The average Bonchev–Trinajstić information content (AvgIpc) is 3.12. The Hall–Kier alpha value is -2.12. The summed E-state index contributed by atoms with van der Waals surface area (Å²) in [6.45, 7) is 4.54. The van der Waals surface area contributed by atoms with Crippen LogP contribution in [0.4, 0.5) is 0 Å². The maximum atomic E-state index is 13.0. The van der Waals surface area contributed by atoms with E-state index >= 15 is 0 Å². The Morgan fingerprint density at radius 2 is 1.96 bits per heavy atom. The molecule has 0 unspecified atom stereocenters. The lowest BCUT2D eigenvalue weighted by molar-refractivity contribution is 0.0515. The number of carbonyl (C=O) groups excluding carboxylic acids is 1. The van der Waals surface area contributed by atoms with Crippen molar-refractivity contribution in [3.8, 4) is 0 Å². The molecule has 1 aromatic heterocycles. The topological polar surface area (TPSA) is 74.6 Å². The summed E-state index contributed by atoms with van der Waals surface area (Å²) in [5, 5.41) is 0. The van der Waals surface area contributed by atoms with E-state index in [1.54, 1.807) is 43.7 Å². The van der Waals surface area contributed by atoms with Crippen LogP contribution in [0.5, 0.6) is 0 Å². The van der Waals surface area contributed by atoms with Crippen molar-refractivity contribution in [3.63, 3.8) is 0 Å². The zero-order valence-electron chi connectivity index (χ0n) is 13.8. The summed E-state index contributed by atoms with van der Waals surface area (Å²) < 4.78 is 37.8. The molecule has 2 heterocycles. The molecule has 1 aromatic carbocycles. The van der Waals surface area contributed by atoms with E-state index in [4.69, 9.17) is 9.47 Å². The summed E-state index contributed by atoms with van der Waals surface area (Å²) in [5.74, 6) is -0.535. The van der Waals surface area contributed by atoms with E-state index in [0.29, 0.717) is 18.9 Å². The number of sulfone groups is 1. The molecule has 0 fully saturated rings. The molecular weight excluding hydrogens is 330 g/mol. The van der Waals surface area contributed by atoms with Gasteiger partial charge in [-0.15, -0.1) is 0 Å². The number of aromatic nitrogens is 1. The maximum absolute atomic E-state index is 13.0. The highest BCUT2D eigenvalue weighted by molar-refractivity contribution is 7.91. The highest BCUT2D eigenvalue weighted by Gasteiger charge is 2.27. The number of hydrogen-bond acceptors (Lipinski definition) is 5. The standard InChI is InChI=1S/C17H19NO5S/c1-4-23-17(19)15-8-16(11(2)18(15)3)24(20,21)14-6-5-12-9-22-10-13(12)7-14/h5-8H,4,9-10H2,1-3H3. The number of fused-ring (bicyclic) bond motifs is 1. The van der Waals surface area contributed by atoms with Crippen LogP contribution in [0.15, 0.2) is 34.1 Å².